The van der Waals surface area contributed by atoms with Gasteiger partial charge in [-0.1, -0.05) is 6.92 Å². The van der Waals surface area contributed by atoms with Crippen molar-refractivity contribution in [2.75, 3.05) is 6.61 Å². The van der Waals surface area contributed by atoms with E-state index in [2.05, 4.69) is 15.9 Å². The Morgan fingerprint density at radius 2 is 2.21 bits per heavy atom. The lowest BCUT2D eigenvalue weighted by Crippen LogP contribution is -2.01. The number of hydrogen-bond acceptors (Lipinski definition) is 2. The molecule has 2 nitrogen and oxygen atoms in total. The molecule has 0 saturated heterocycles. The minimum atomic E-state index is -0.457. The van der Waals surface area contributed by atoms with Crippen molar-refractivity contribution in [3.8, 4) is 5.75 Å². The highest BCUT2D eigenvalue weighted by molar-refractivity contribution is 9.10. The van der Waals surface area contributed by atoms with Crippen LogP contribution in [-0.4, -0.2) is 11.7 Å². The van der Waals surface area contributed by atoms with Gasteiger partial charge in [-0.15, -0.1) is 0 Å². The number of ether oxygens (including phenoxy) is 1. The van der Waals surface area contributed by atoms with Crippen molar-refractivity contribution in [1.29, 1.82) is 0 Å². The predicted molar refractivity (Wildman–Crippen MR) is 55.8 cm³/mol. The van der Waals surface area contributed by atoms with E-state index in [4.69, 9.17) is 9.84 Å². The summed E-state index contributed by atoms with van der Waals surface area (Å²) in [5.74, 6) is -0.0452. The second-order valence-electron chi connectivity index (χ2n) is 2.84. The Morgan fingerprint density at radius 1 is 1.50 bits per heavy atom. The molecular weight excluding hydrogens is 251 g/mol. The number of rotatable bonds is 4. The quantitative estimate of drug-likeness (QED) is 0.905. The summed E-state index contributed by atoms with van der Waals surface area (Å²) in [6, 6.07) is 3.22. The first kappa shape index (κ1) is 11.5. The molecule has 0 amide bonds. The molecule has 78 valence electrons. The van der Waals surface area contributed by atoms with Gasteiger partial charge < -0.3 is 9.84 Å². The van der Waals surface area contributed by atoms with Crippen molar-refractivity contribution in [1.82, 2.24) is 0 Å². The van der Waals surface area contributed by atoms with Gasteiger partial charge in [-0.05, 0) is 34.5 Å². The first-order valence-corrected chi connectivity index (χ1v) is 5.20. The largest absolute Gasteiger partial charge is 0.493 e. The maximum Gasteiger partial charge on any atom is 0.146 e. The third-order valence-electron chi connectivity index (χ3n) is 1.77. The van der Waals surface area contributed by atoms with Gasteiger partial charge in [0.25, 0.3) is 0 Å². The van der Waals surface area contributed by atoms with Gasteiger partial charge in [0.05, 0.1) is 23.2 Å². The highest BCUT2D eigenvalue weighted by atomic mass is 79.9. The zero-order valence-corrected chi connectivity index (χ0v) is 9.47. The van der Waals surface area contributed by atoms with E-state index >= 15 is 0 Å². The van der Waals surface area contributed by atoms with E-state index in [1.165, 1.54) is 0 Å². The minimum Gasteiger partial charge on any atom is -0.493 e. The molecule has 0 heterocycles. The molecule has 1 N–H and O–H groups in total. The molecule has 4 heteroatoms. The fraction of sp³-hybridized carbons (Fsp3) is 0.400. The summed E-state index contributed by atoms with van der Waals surface area (Å²) in [4.78, 5) is 0. The smallest absolute Gasteiger partial charge is 0.146 e. The van der Waals surface area contributed by atoms with E-state index in [0.717, 1.165) is 6.42 Å². The molecule has 0 unspecified atom stereocenters. The topological polar surface area (TPSA) is 29.5 Å². The summed E-state index contributed by atoms with van der Waals surface area (Å²) in [7, 11) is 0. The van der Waals surface area contributed by atoms with Gasteiger partial charge >= 0.3 is 0 Å². The van der Waals surface area contributed by atoms with E-state index < -0.39 is 5.82 Å². The van der Waals surface area contributed by atoms with Gasteiger partial charge in [0.1, 0.15) is 11.6 Å². The molecule has 14 heavy (non-hydrogen) atoms. The number of benzene rings is 1. The van der Waals surface area contributed by atoms with Gasteiger partial charge in [0.2, 0.25) is 0 Å². The van der Waals surface area contributed by atoms with Gasteiger partial charge in [-0.2, -0.15) is 0 Å². The maximum atomic E-state index is 13.4. The average molecular weight is 263 g/mol. The van der Waals surface area contributed by atoms with Crippen LogP contribution in [0.3, 0.4) is 0 Å². The Balaban J connectivity index is 2.98. The Bertz CT molecular complexity index is 315. The normalized spacial score (nSPS) is 10.3. The molecule has 0 radical (unpaired) electrons. The van der Waals surface area contributed by atoms with Crippen LogP contribution < -0.4 is 4.74 Å². The number of aliphatic hydroxyl groups is 1. The van der Waals surface area contributed by atoms with Crippen LogP contribution in [0.5, 0.6) is 5.75 Å². The summed E-state index contributed by atoms with van der Waals surface area (Å²) < 4.78 is 19.0. The first-order chi connectivity index (χ1) is 6.70. The zero-order chi connectivity index (χ0) is 10.6. The van der Waals surface area contributed by atoms with E-state index in [1.807, 2.05) is 6.92 Å². The fourth-order valence-electron chi connectivity index (χ4n) is 1.07. The molecule has 1 aromatic rings. The van der Waals surface area contributed by atoms with Crippen molar-refractivity contribution in [3.63, 3.8) is 0 Å². The van der Waals surface area contributed by atoms with Crippen molar-refractivity contribution in [3.05, 3.63) is 28.0 Å². The Kier molecular flexibility index (Phi) is 4.35. The van der Waals surface area contributed by atoms with Crippen molar-refractivity contribution in [2.24, 2.45) is 0 Å². The zero-order valence-electron chi connectivity index (χ0n) is 7.89. The average Bonchev–Trinajstić information content (AvgIpc) is 2.20. The molecule has 0 atom stereocenters. The Hall–Kier alpha value is -0.610. The molecule has 0 aromatic heterocycles. The SMILES string of the molecule is CCCOc1ccc(Br)c(F)c1CO. The lowest BCUT2D eigenvalue weighted by molar-refractivity contribution is 0.256. The summed E-state index contributed by atoms with van der Waals surface area (Å²) in [5, 5.41) is 8.98. The van der Waals surface area contributed by atoms with Crippen LogP contribution in [0.4, 0.5) is 4.39 Å². The van der Waals surface area contributed by atoms with Crippen LogP contribution in [0.15, 0.2) is 16.6 Å². The molecule has 0 saturated carbocycles. The Labute approximate surface area is 90.8 Å². The summed E-state index contributed by atoms with van der Waals surface area (Å²) in [6.45, 7) is 2.13. The van der Waals surface area contributed by atoms with Crippen molar-refractivity contribution in [2.45, 2.75) is 20.0 Å². The molecule has 0 fully saturated rings. The van der Waals surface area contributed by atoms with Crippen LogP contribution in [0.1, 0.15) is 18.9 Å². The summed E-state index contributed by atoms with van der Waals surface area (Å²) in [6.07, 6.45) is 0.850. The second-order valence-corrected chi connectivity index (χ2v) is 3.70. The summed E-state index contributed by atoms with van der Waals surface area (Å²) in [5.41, 5.74) is 0.202. The number of hydrogen-bond donors (Lipinski definition) is 1. The first-order valence-electron chi connectivity index (χ1n) is 4.41. The van der Waals surface area contributed by atoms with E-state index in [0.29, 0.717) is 16.8 Å². The van der Waals surface area contributed by atoms with Gasteiger partial charge in [-0.25, -0.2) is 4.39 Å². The lowest BCUT2D eigenvalue weighted by atomic mass is 10.2. The third kappa shape index (κ3) is 2.45. The lowest BCUT2D eigenvalue weighted by Gasteiger charge is -2.10. The number of halogens is 2. The molecule has 0 spiro atoms. The van der Waals surface area contributed by atoms with Gasteiger partial charge in [-0.3, -0.25) is 0 Å². The van der Waals surface area contributed by atoms with Crippen molar-refractivity contribution < 1.29 is 14.2 Å². The summed E-state index contributed by atoms with van der Waals surface area (Å²) >= 11 is 3.05. The standard InChI is InChI=1S/C10H12BrFO2/c1-2-5-14-9-4-3-8(11)10(12)7(9)6-13/h3-4,13H,2,5-6H2,1H3. The van der Waals surface area contributed by atoms with Crippen LogP contribution in [0, 0.1) is 5.82 Å². The third-order valence-corrected chi connectivity index (χ3v) is 2.39. The van der Waals surface area contributed by atoms with Gasteiger partial charge in [0.15, 0.2) is 0 Å². The molecule has 0 aliphatic rings. The molecular formula is C10H12BrFO2. The second kappa shape index (κ2) is 5.32. The van der Waals surface area contributed by atoms with Crippen LogP contribution in [0.25, 0.3) is 0 Å². The monoisotopic (exact) mass is 262 g/mol. The van der Waals surface area contributed by atoms with Crippen molar-refractivity contribution >= 4 is 15.9 Å². The van der Waals surface area contributed by atoms with Crippen LogP contribution in [0.2, 0.25) is 0 Å². The maximum absolute atomic E-state index is 13.4. The molecule has 1 aromatic carbocycles. The van der Waals surface area contributed by atoms with Crippen LogP contribution in [-0.2, 0) is 6.61 Å². The number of aliphatic hydroxyl groups excluding tert-OH is 1. The highest BCUT2D eigenvalue weighted by Gasteiger charge is 2.11. The van der Waals surface area contributed by atoms with Gasteiger partial charge in [0, 0.05) is 0 Å². The highest BCUT2D eigenvalue weighted by Crippen LogP contribution is 2.27. The Morgan fingerprint density at radius 3 is 2.79 bits per heavy atom. The molecule has 1 rings (SSSR count). The van der Waals surface area contributed by atoms with E-state index in [9.17, 15) is 4.39 Å². The predicted octanol–water partition coefficient (Wildman–Crippen LogP) is 2.87. The van der Waals surface area contributed by atoms with E-state index in [-0.39, 0.29) is 12.2 Å². The molecule has 0 bridgehead atoms. The fourth-order valence-corrected chi connectivity index (χ4v) is 1.44. The molecule has 0 aliphatic heterocycles. The van der Waals surface area contributed by atoms with Crippen LogP contribution >= 0.6 is 15.9 Å². The minimum absolute atomic E-state index is 0.202. The van der Waals surface area contributed by atoms with E-state index in [1.54, 1.807) is 12.1 Å². The molecule has 0 aliphatic carbocycles.